The van der Waals surface area contributed by atoms with Gasteiger partial charge in [-0.2, -0.15) is 0 Å². The molecule has 1 fully saturated rings. The highest BCUT2D eigenvalue weighted by molar-refractivity contribution is 6.31. The first-order valence-electron chi connectivity index (χ1n) is 11.9. The number of anilines is 1. The van der Waals surface area contributed by atoms with Crippen LogP contribution >= 0.6 is 11.6 Å². The fourth-order valence-corrected chi connectivity index (χ4v) is 5.26. The average molecular weight is 476 g/mol. The maximum Gasteiger partial charge on any atom is 0.138 e. The highest BCUT2D eigenvalue weighted by Crippen LogP contribution is 2.26. The van der Waals surface area contributed by atoms with Gasteiger partial charge >= 0.3 is 0 Å². The highest BCUT2D eigenvalue weighted by Gasteiger charge is 2.33. The number of piperazine rings is 1. The predicted octanol–water partition coefficient (Wildman–Crippen LogP) is 5.08. The minimum atomic E-state index is -0.163. The van der Waals surface area contributed by atoms with E-state index in [1.54, 1.807) is 0 Å². The third kappa shape index (κ3) is 4.53. The van der Waals surface area contributed by atoms with Gasteiger partial charge in [0.25, 0.3) is 0 Å². The molecule has 1 aliphatic heterocycles. The van der Waals surface area contributed by atoms with E-state index in [0.29, 0.717) is 0 Å². The highest BCUT2D eigenvalue weighted by atomic mass is 35.5. The molecule has 0 bridgehead atoms. The Morgan fingerprint density at radius 1 is 1.12 bits per heavy atom. The summed E-state index contributed by atoms with van der Waals surface area (Å²) in [7, 11) is 0. The molecule has 0 spiro atoms. The minimum absolute atomic E-state index is 0.111. The van der Waals surface area contributed by atoms with Crippen molar-refractivity contribution in [3.05, 3.63) is 71.0 Å². The van der Waals surface area contributed by atoms with Crippen molar-refractivity contribution in [2.24, 2.45) is 0 Å². The largest absolute Gasteiger partial charge is 0.385 e. The molecule has 5 rings (SSSR count). The molecule has 0 amide bonds. The standard InChI is InChI=1S/C27H30ClN5O/c1-3-29-25-8-9-30-26-12-19(4-6-23(25)26)15-33-11-10-32(18(2)27(33)17-34)16-22-14-20-13-21(28)5-7-24(20)31-22/h4-9,12-14,17-18,27,31H,3,10-11,15-16H2,1-2H3,(H,29,30)/t18-,27?/m0/s1. The van der Waals surface area contributed by atoms with Crippen molar-refractivity contribution in [2.75, 3.05) is 25.0 Å². The number of carbonyl (C=O) groups excluding carboxylic acids is 1. The van der Waals surface area contributed by atoms with Crippen LogP contribution < -0.4 is 5.32 Å². The quantitative estimate of drug-likeness (QED) is 0.365. The normalized spacial score (nSPS) is 19.6. The third-order valence-corrected chi connectivity index (χ3v) is 7.11. The lowest BCUT2D eigenvalue weighted by Gasteiger charge is -2.44. The Kier molecular flexibility index (Phi) is 6.55. The van der Waals surface area contributed by atoms with Crippen LogP contribution in [0.4, 0.5) is 5.69 Å². The zero-order chi connectivity index (χ0) is 23.7. The number of fused-ring (bicyclic) bond motifs is 2. The number of benzene rings is 2. The summed E-state index contributed by atoms with van der Waals surface area (Å²) in [5.41, 5.74) is 5.48. The molecule has 0 radical (unpaired) electrons. The van der Waals surface area contributed by atoms with Gasteiger partial charge in [-0.25, -0.2) is 0 Å². The maximum atomic E-state index is 12.2. The number of pyridine rings is 1. The van der Waals surface area contributed by atoms with Gasteiger partial charge in [0.15, 0.2) is 0 Å². The molecule has 7 heteroatoms. The molecule has 4 aromatic rings. The van der Waals surface area contributed by atoms with Crippen molar-refractivity contribution in [1.29, 1.82) is 0 Å². The van der Waals surface area contributed by atoms with E-state index in [-0.39, 0.29) is 12.1 Å². The number of H-pyrrole nitrogens is 1. The van der Waals surface area contributed by atoms with Gasteiger partial charge in [-0.1, -0.05) is 23.7 Å². The van der Waals surface area contributed by atoms with Crippen LogP contribution in [0.3, 0.4) is 0 Å². The van der Waals surface area contributed by atoms with Crippen LogP contribution in [0.5, 0.6) is 0 Å². The number of hydrogen-bond acceptors (Lipinski definition) is 5. The van der Waals surface area contributed by atoms with E-state index < -0.39 is 0 Å². The summed E-state index contributed by atoms with van der Waals surface area (Å²) in [6, 6.07) is 16.4. The number of nitrogens with zero attached hydrogens (tertiary/aromatic N) is 3. The topological polar surface area (TPSA) is 64.3 Å². The smallest absolute Gasteiger partial charge is 0.138 e. The fraction of sp³-hybridized carbons (Fsp3) is 0.333. The zero-order valence-corrected chi connectivity index (χ0v) is 20.3. The lowest BCUT2D eigenvalue weighted by Crippen LogP contribution is -2.58. The second kappa shape index (κ2) is 9.74. The molecule has 3 heterocycles. The van der Waals surface area contributed by atoms with Crippen LogP contribution in [0.2, 0.25) is 5.02 Å². The van der Waals surface area contributed by atoms with E-state index >= 15 is 0 Å². The monoisotopic (exact) mass is 475 g/mol. The van der Waals surface area contributed by atoms with Gasteiger partial charge in [-0.15, -0.1) is 0 Å². The summed E-state index contributed by atoms with van der Waals surface area (Å²) in [6.07, 6.45) is 2.95. The maximum absolute atomic E-state index is 12.2. The molecule has 1 unspecified atom stereocenters. The molecular weight excluding hydrogens is 446 g/mol. The number of hydrogen-bond donors (Lipinski definition) is 2. The number of nitrogens with one attached hydrogen (secondary N) is 2. The summed E-state index contributed by atoms with van der Waals surface area (Å²) in [6.45, 7) is 8.36. The Morgan fingerprint density at radius 3 is 2.79 bits per heavy atom. The van der Waals surface area contributed by atoms with Gasteiger partial charge in [0.05, 0.1) is 11.6 Å². The van der Waals surface area contributed by atoms with E-state index in [0.717, 1.165) is 77.2 Å². The van der Waals surface area contributed by atoms with Crippen molar-refractivity contribution in [3.63, 3.8) is 0 Å². The van der Waals surface area contributed by atoms with Crippen LogP contribution in [-0.2, 0) is 17.9 Å². The van der Waals surface area contributed by atoms with Gasteiger partial charge < -0.3 is 15.1 Å². The summed E-state index contributed by atoms with van der Waals surface area (Å²) < 4.78 is 0. The summed E-state index contributed by atoms with van der Waals surface area (Å²) in [5.74, 6) is 0. The van der Waals surface area contributed by atoms with Gasteiger partial charge in [0.1, 0.15) is 6.29 Å². The average Bonchev–Trinajstić information content (AvgIpc) is 3.23. The molecule has 1 aliphatic rings. The Balaban J connectivity index is 1.30. The van der Waals surface area contributed by atoms with Crippen LogP contribution in [0.1, 0.15) is 25.1 Å². The van der Waals surface area contributed by atoms with Crippen molar-refractivity contribution in [3.8, 4) is 0 Å². The van der Waals surface area contributed by atoms with Crippen molar-refractivity contribution < 1.29 is 4.79 Å². The molecule has 2 N–H and O–H groups in total. The number of halogens is 1. The number of aromatic nitrogens is 2. The first-order chi connectivity index (χ1) is 16.6. The lowest BCUT2D eigenvalue weighted by atomic mass is 10.0. The Hall–Kier alpha value is -2.93. The summed E-state index contributed by atoms with van der Waals surface area (Å²) in [4.78, 5) is 24.9. The van der Waals surface area contributed by atoms with E-state index in [9.17, 15) is 4.79 Å². The summed E-state index contributed by atoms with van der Waals surface area (Å²) in [5, 5.41) is 6.37. The molecule has 2 aromatic carbocycles. The second-order valence-electron chi connectivity index (χ2n) is 9.07. The van der Waals surface area contributed by atoms with Crippen LogP contribution in [0.15, 0.2) is 54.7 Å². The first-order valence-corrected chi connectivity index (χ1v) is 12.3. The molecule has 1 saturated heterocycles. The molecule has 176 valence electrons. The van der Waals surface area contributed by atoms with Gasteiger partial charge in [-0.3, -0.25) is 14.8 Å². The van der Waals surface area contributed by atoms with Crippen molar-refractivity contribution in [2.45, 2.75) is 39.0 Å². The van der Waals surface area contributed by atoms with E-state index in [2.05, 4.69) is 63.2 Å². The Labute approximate surface area is 204 Å². The molecule has 2 atom stereocenters. The van der Waals surface area contributed by atoms with Crippen molar-refractivity contribution in [1.82, 2.24) is 19.8 Å². The van der Waals surface area contributed by atoms with E-state index in [1.807, 2.05) is 30.5 Å². The number of aldehydes is 1. The Bertz CT molecular complexity index is 1320. The number of carbonyl (C=O) groups is 1. The van der Waals surface area contributed by atoms with Crippen LogP contribution in [-0.4, -0.2) is 57.8 Å². The SMILES string of the molecule is CCNc1ccnc2cc(CN3CCN(Cc4cc5cc(Cl)ccc5[nH]4)[C@@H](C)C3C=O)ccc12. The second-order valence-corrected chi connectivity index (χ2v) is 9.51. The van der Waals surface area contributed by atoms with Gasteiger partial charge in [-0.05, 0) is 55.8 Å². The fourth-order valence-electron chi connectivity index (χ4n) is 5.08. The van der Waals surface area contributed by atoms with Gasteiger partial charge in [0.2, 0.25) is 0 Å². The Morgan fingerprint density at radius 2 is 1.97 bits per heavy atom. The van der Waals surface area contributed by atoms with Crippen molar-refractivity contribution >= 4 is 45.4 Å². The molecule has 0 saturated carbocycles. The molecule has 34 heavy (non-hydrogen) atoms. The molecular formula is C27H30ClN5O. The minimum Gasteiger partial charge on any atom is -0.385 e. The predicted molar refractivity (Wildman–Crippen MR) is 139 cm³/mol. The lowest BCUT2D eigenvalue weighted by molar-refractivity contribution is -0.117. The molecule has 6 nitrogen and oxygen atoms in total. The van der Waals surface area contributed by atoms with Crippen LogP contribution in [0.25, 0.3) is 21.8 Å². The van der Waals surface area contributed by atoms with E-state index in [4.69, 9.17) is 11.6 Å². The molecule has 0 aliphatic carbocycles. The number of rotatable bonds is 7. The zero-order valence-electron chi connectivity index (χ0n) is 19.6. The molecule has 2 aromatic heterocycles. The number of aromatic amines is 1. The van der Waals surface area contributed by atoms with Crippen LogP contribution in [0, 0.1) is 0 Å². The van der Waals surface area contributed by atoms with E-state index in [1.165, 1.54) is 5.56 Å². The first kappa shape index (κ1) is 22.8. The third-order valence-electron chi connectivity index (χ3n) is 6.88. The summed E-state index contributed by atoms with van der Waals surface area (Å²) >= 11 is 6.14. The van der Waals surface area contributed by atoms with Gasteiger partial charge in [0, 0.05) is 77.7 Å².